The highest BCUT2D eigenvalue weighted by molar-refractivity contribution is 6.36. The molecule has 1 aromatic rings. The van der Waals surface area contributed by atoms with Gasteiger partial charge in [0.1, 0.15) is 11.7 Å². The monoisotopic (exact) mass is 282 g/mol. The molecule has 2 heterocycles. The van der Waals surface area contributed by atoms with Gasteiger partial charge in [0.25, 0.3) is 0 Å². The lowest BCUT2D eigenvalue weighted by Gasteiger charge is -2.40. The van der Waals surface area contributed by atoms with Gasteiger partial charge in [0.2, 0.25) is 0 Å². The van der Waals surface area contributed by atoms with E-state index in [2.05, 4.69) is 16.8 Å². The molecule has 19 heavy (non-hydrogen) atoms. The van der Waals surface area contributed by atoms with E-state index in [0.717, 1.165) is 25.9 Å². The zero-order valence-electron chi connectivity index (χ0n) is 11.2. The average Bonchev–Trinajstić information content (AvgIpc) is 2.38. The summed E-state index contributed by atoms with van der Waals surface area (Å²) in [6.45, 7) is 3.70. The van der Waals surface area contributed by atoms with E-state index in [1.807, 2.05) is 0 Å². The molecule has 1 fully saturated rings. The first-order chi connectivity index (χ1) is 8.97. The minimum Gasteiger partial charge on any atom is -0.384 e. The van der Waals surface area contributed by atoms with Gasteiger partial charge in [0.15, 0.2) is 0 Å². The second kappa shape index (κ2) is 5.35. The SMILES string of the molecule is COC1(C)CCCN(c2nccc(C(=N)N)c2Cl)C1. The molecule has 6 heteroatoms. The molecule has 5 nitrogen and oxygen atoms in total. The molecule has 0 aliphatic carbocycles. The molecule has 104 valence electrons. The van der Waals surface area contributed by atoms with E-state index in [0.29, 0.717) is 16.4 Å². The second-order valence-electron chi connectivity index (χ2n) is 5.09. The van der Waals surface area contributed by atoms with Crippen molar-refractivity contribution in [2.24, 2.45) is 5.73 Å². The third kappa shape index (κ3) is 2.82. The Morgan fingerprint density at radius 1 is 1.63 bits per heavy atom. The summed E-state index contributed by atoms with van der Waals surface area (Å²) in [5, 5.41) is 7.96. The van der Waals surface area contributed by atoms with Crippen LogP contribution in [0, 0.1) is 5.41 Å². The maximum absolute atomic E-state index is 7.52. The number of nitrogen functional groups attached to an aromatic ring is 1. The molecule has 0 saturated carbocycles. The number of halogens is 1. The van der Waals surface area contributed by atoms with Crippen molar-refractivity contribution >= 4 is 23.3 Å². The van der Waals surface area contributed by atoms with Crippen LogP contribution in [0.1, 0.15) is 25.3 Å². The van der Waals surface area contributed by atoms with Crippen molar-refractivity contribution in [1.29, 1.82) is 5.41 Å². The van der Waals surface area contributed by atoms with E-state index < -0.39 is 0 Å². The number of methoxy groups -OCH3 is 1. The van der Waals surface area contributed by atoms with E-state index in [1.165, 1.54) is 0 Å². The lowest BCUT2D eigenvalue weighted by atomic mass is 9.94. The van der Waals surface area contributed by atoms with Crippen LogP contribution in [0.4, 0.5) is 5.82 Å². The van der Waals surface area contributed by atoms with Gasteiger partial charge in [0.05, 0.1) is 10.6 Å². The van der Waals surface area contributed by atoms with Crippen molar-refractivity contribution in [2.75, 3.05) is 25.1 Å². The van der Waals surface area contributed by atoms with Gasteiger partial charge in [-0.2, -0.15) is 0 Å². The first-order valence-electron chi connectivity index (χ1n) is 6.26. The molecule has 0 amide bonds. The zero-order chi connectivity index (χ0) is 14.0. The van der Waals surface area contributed by atoms with E-state index in [4.69, 9.17) is 27.5 Å². The summed E-state index contributed by atoms with van der Waals surface area (Å²) in [5.74, 6) is 0.637. The third-order valence-electron chi connectivity index (χ3n) is 3.61. The highest BCUT2D eigenvalue weighted by Crippen LogP contribution is 2.32. The number of nitrogens with one attached hydrogen (secondary N) is 1. The number of ether oxygens (including phenoxy) is 1. The normalized spacial score (nSPS) is 23.4. The van der Waals surface area contributed by atoms with E-state index in [9.17, 15) is 0 Å². The lowest BCUT2D eigenvalue weighted by Crippen LogP contribution is -2.47. The van der Waals surface area contributed by atoms with Crippen LogP contribution < -0.4 is 10.6 Å². The number of aromatic nitrogens is 1. The van der Waals surface area contributed by atoms with E-state index in [-0.39, 0.29) is 11.4 Å². The predicted molar refractivity (Wildman–Crippen MR) is 77.1 cm³/mol. The van der Waals surface area contributed by atoms with Crippen molar-refractivity contribution in [2.45, 2.75) is 25.4 Å². The summed E-state index contributed by atoms with van der Waals surface area (Å²) in [7, 11) is 1.73. The number of hydrogen-bond acceptors (Lipinski definition) is 4. The number of nitrogens with zero attached hydrogens (tertiary/aromatic N) is 2. The number of hydrogen-bond donors (Lipinski definition) is 2. The maximum Gasteiger partial charge on any atom is 0.148 e. The smallest absolute Gasteiger partial charge is 0.148 e. The Balaban J connectivity index is 2.32. The van der Waals surface area contributed by atoms with Gasteiger partial charge in [-0.1, -0.05) is 11.6 Å². The average molecular weight is 283 g/mol. The van der Waals surface area contributed by atoms with Crippen LogP contribution in [0.2, 0.25) is 5.02 Å². The van der Waals surface area contributed by atoms with Crippen LogP contribution in [0.25, 0.3) is 0 Å². The topological polar surface area (TPSA) is 75.2 Å². The van der Waals surface area contributed by atoms with Crippen LogP contribution in [-0.4, -0.2) is 36.6 Å². The first-order valence-corrected chi connectivity index (χ1v) is 6.63. The Kier molecular flexibility index (Phi) is 3.96. The third-order valence-corrected chi connectivity index (χ3v) is 3.98. The summed E-state index contributed by atoms with van der Waals surface area (Å²) in [6.07, 6.45) is 3.67. The Bertz CT molecular complexity index is 494. The van der Waals surface area contributed by atoms with Gasteiger partial charge in [0, 0.05) is 32.0 Å². The van der Waals surface area contributed by atoms with Crippen LogP contribution >= 0.6 is 11.6 Å². The molecule has 2 rings (SSSR count). The lowest BCUT2D eigenvalue weighted by molar-refractivity contribution is -0.00480. The molecule has 0 radical (unpaired) electrons. The van der Waals surface area contributed by atoms with Gasteiger partial charge in [-0.15, -0.1) is 0 Å². The Labute approximate surface area is 118 Å². The number of piperidine rings is 1. The minimum atomic E-state index is -0.185. The number of anilines is 1. The Morgan fingerprint density at radius 3 is 3.00 bits per heavy atom. The summed E-state index contributed by atoms with van der Waals surface area (Å²) < 4.78 is 5.57. The van der Waals surface area contributed by atoms with E-state index in [1.54, 1.807) is 19.4 Å². The van der Waals surface area contributed by atoms with Crippen LogP contribution in [-0.2, 0) is 4.74 Å². The standard InChI is InChI=1S/C13H19ClN4O/c1-13(19-2)5-3-7-18(8-13)12-10(14)9(11(15)16)4-6-17-12/h4,6H,3,5,7-8H2,1-2H3,(H3,15,16). The summed E-state index contributed by atoms with van der Waals surface area (Å²) >= 11 is 6.31. The van der Waals surface area contributed by atoms with Gasteiger partial charge >= 0.3 is 0 Å². The maximum atomic E-state index is 7.52. The number of pyridine rings is 1. The Hall–Kier alpha value is -1.33. The van der Waals surface area contributed by atoms with E-state index >= 15 is 0 Å². The zero-order valence-corrected chi connectivity index (χ0v) is 12.0. The highest BCUT2D eigenvalue weighted by atomic mass is 35.5. The fourth-order valence-electron chi connectivity index (χ4n) is 2.41. The van der Waals surface area contributed by atoms with Gasteiger partial charge in [-0.05, 0) is 25.8 Å². The molecule has 0 bridgehead atoms. The number of rotatable bonds is 3. The van der Waals surface area contributed by atoms with Crippen molar-refractivity contribution < 1.29 is 4.74 Å². The molecule has 1 aliphatic rings. The summed E-state index contributed by atoms with van der Waals surface area (Å²) in [5.41, 5.74) is 5.86. The molecule has 1 atom stereocenters. The fraction of sp³-hybridized carbons (Fsp3) is 0.538. The van der Waals surface area contributed by atoms with Crippen LogP contribution in [0.5, 0.6) is 0 Å². The van der Waals surface area contributed by atoms with Crippen molar-refractivity contribution in [3.05, 3.63) is 22.8 Å². The van der Waals surface area contributed by atoms with Gasteiger partial charge in [-0.25, -0.2) is 4.98 Å². The molecule has 0 aromatic carbocycles. The molecule has 1 aliphatic heterocycles. The molecular weight excluding hydrogens is 264 g/mol. The van der Waals surface area contributed by atoms with Crippen LogP contribution in [0.15, 0.2) is 12.3 Å². The van der Waals surface area contributed by atoms with Crippen molar-refractivity contribution in [3.63, 3.8) is 0 Å². The molecule has 0 spiro atoms. The molecule has 3 N–H and O–H groups in total. The van der Waals surface area contributed by atoms with Crippen LogP contribution in [0.3, 0.4) is 0 Å². The minimum absolute atomic E-state index is 0.0415. The fourth-order valence-corrected chi connectivity index (χ4v) is 2.75. The molecular formula is C13H19ClN4O. The second-order valence-corrected chi connectivity index (χ2v) is 5.47. The highest BCUT2D eigenvalue weighted by Gasteiger charge is 2.32. The largest absolute Gasteiger partial charge is 0.384 e. The number of nitrogens with two attached hydrogens (primary N) is 1. The Morgan fingerprint density at radius 2 is 2.37 bits per heavy atom. The van der Waals surface area contributed by atoms with Crippen molar-refractivity contribution in [3.8, 4) is 0 Å². The predicted octanol–water partition coefficient (Wildman–Crippen LogP) is 2.02. The first kappa shape index (κ1) is 14.1. The molecule has 1 saturated heterocycles. The summed E-state index contributed by atoms with van der Waals surface area (Å²) in [6, 6.07) is 1.66. The van der Waals surface area contributed by atoms with Gasteiger partial charge in [-0.3, -0.25) is 5.41 Å². The summed E-state index contributed by atoms with van der Waals surface area (Å²) in [4.78, 5) is 6.43. The molecule has 1 unspecified atom stereocenters. The number of amidine groups is 1. The quantitative estimate of drug-likeness (QED) is 0.657. The molecule has 1 aromatic heterocycles. The van der Waals surface area contributed by atoms with Crippen molar-refractivity contribution in [1.82, 2.24) is 4.98 Å². The van der Waals surface area contributed by atoms with Gasteiger partial charge < -0.3 is 15.4 Å².